The number of carbonyl (C=O) groups excluding carboxylic acids is 1. The number of halogens is 2. The number of benzene rings is 1. The number of aliphatic hydroxyl groups is 1. The number of hydrogen-bond acceptors (Lipinski definition) is 3. The molecule has 0 bridgehead atoms. The third-order valence-corrected chi connectivity index (χ3v) is 3.70. The van der Waals surface area contributed by atoms with Gasteiger partial charge in [-0.2, -0.15) is 0 Å². The van der Waals surface area contributed by atoms with Crippen molar-refractivity contribution in [2.45, 2.75) is 18.9 Å². The van der Waals surface area contributed by atoms with Crippen LogP contribution in [0.15, 0.2) is 18.2 Å². The van der Waals surface area contributed by atoms with Gasteiger partial charge in [0, 0.05) is 6.54 Å². The molecule has 0 saturated carbocycles. The summed E-state index contributed by atoms with van der Waals surface area (Å²) in [6.07, 6.45) is 1.36. The molecule has 6 heteroatoms. The van der Waals surface area contributed by atoms with Gasteiger partial charge in [-0.1, -0.05) is 29.3 Å². The Hall–Kier alpha value is -0.810. The monoisotopic (exact) mass is 302 g/mol. The van der Waals surface area contributed by atoms with Crippen molar-refractivity contribution < 1.29 is 9.90 Å². The summed E-state index contributed by atoms with van der Waals surface area (Å²) in [4.78, 5) is 13.9. The normalized spacial score (nSPS) is 20.3. The molecule has 2 rings (SSSR count). The first-order valence-electron chi connectivity index (χ1n) is 6.20. The maximum absolute atomic E-state index is 11.9. The second-order valence-electron chi connectivity index (χ2n) is 4.68. The minimum absolute atomic E-state index is 0.177. The average molecular weight is 303 g/mol. The van der Waals surface area contributed by atoms with E-state index in [9.17, 15) is 9.90 Å². The van der Waals surface area contributed by atoms with Crippen LogP contribution in [-0.2, 0) is 4.79 Å². The van der Waals surface area contributed by atoms with Crippen LogP contribution >= 0.6 is 23.2 Å². The number of aliphatic hydroxyl groups excluding tert-OH is 1. The molecule has 1 aromatic carbocycles. The predicted octanol–water partition coefficient (Wildman–Crippen LogP) is 2.39. The van der Waals surface area contributed by atoms with Crippen LogP contribution in [0.4, 0.5) is 5.69 Å². The fraction of sp³-hybridized carbons (Fsp3) is 0.462. The van der Waals surface area contributed by atoms with Crippen molar-refractivity contribution in [1.29, 1.82) is 0 Å². The number of rotatable bonds is 3. The third-order valence-electron chi connectivity index (χ3n) is 3.08. The van der Waals surface area contributed by atoms with Crippen LogP contribution in [0.3, 0.4) is 0 Å². The van der Waals surface area contributed by atoms with E-state index in [4.69, 9.17) is 23.2 Å². The molecule has 0 spiro atoms. The molecule has 1 aromatic rings. The van der Waals surface area contributed by atoms with Gasteiger partial charge in [-0.3, -0.25) is 9.69 Å². The Morgan fingerprint density at radius 1 is 1.42 bits per heavy atom. The molecule has 104 valence electrons. The molecular weight excluding hydrogens is 287 g/mol. The number of anilines is 1. The molecule has 1 atom stereocenters. The highest BCUT2D eigenvalue weighted by Gasteiger charge is 2.20. The number of para-hydroxylation sites is 1. The highest BCUT2D eigenvalue weighted by molar-refractivity contribution is 6.39. The van der Waals surface area contributed by atoms with Crippen molar-refractivity contribution in [3.63, 3.8) is 0 Å². The van der Waals surface area contributed by atoms with E-state index in [-0.39, 0.29) is 18.6 Å². The van der Waals surface area contributed by atoms with E-state index in [1.54, 1.807) is 18.2 Å². The van der Waals surface area contributed by atoms with Crippen LogP contribution in [0, 0.1) is 0 Å². The molecule has 1 aliphatic heterocycles. The maximum atomic E-state index is 11.9. The molecule has 1 unspecified atom stereocenters. The van der Waals surface area contributed by atoms with Crippen LogP contribution in [0.1, 0.15) is 12.8 Å². The molecule has 19 heavy (non-hydrogen) atoms. The van der Waals surface area contributed by atoms with Gasteiger partial charge < -0.3 is 10.4 Å². The number of nitrogens with zero attached hydrogens (tertiary/aromatic N) is 1. The Labute approximate surface area is 122 Å². The fourth-order valence-corrected chi connectivity index (χ4v) is 2.67. The molecular formula is C13H16Cl2N2O2. The van der Waals surface area contributed by atoms with Crippen molar-refractivity contribution in [2.24, 2.45) is 0 Å². The fourth-order valence-electron chi connectivity index (χ4n) is 2.17. The smallest absolute Gasteiger partial charge is 0.238 e. The lowest BCUT2D eigenvalue weighted by molar-refractivity contribution is -0.118. The van der Waals surface area contributed by atoms with Crippen molar-refractivity contribution in [3.8, 4) is 0 Å². The number of nitrogens with one attached hydrogen (secondary N) is 1. The molecule has 2 N–H and O–H groups in total. The minimum Gasteiger partial charge on any atom is -0.392 e. The molecule has 4 nitrogen and oxygen atoms in total. The Balaban J connectivity index is 1.94. The second-order valence-corrected chi connectivity index (χ2v) is 5.49. The summed E-state index contributed by atoms with van der Waals surface area (Å²) in [5.74, 6) is -0.177. The summed E-state index contributed by atoms with van der Waals surface area (Å²) in [6.45, 7) is 1.59. The van der Waals surface area contributed by atoms with Crippen molar-refractivity contribution in [2.75, 3.05) is 25.0 Å². The van der Waals surface area contributed by atoms with Crippen LogP contribution in [-0.4, -0.2) is 41.7 Å². The summed E-state index contributed by atoms with van der Waals surface area (Å²) in [5, 5.41) is 13.1. The quantitative estimate of drug-likeness (QED) is 0.901. The summed E-state index contributed by atoms with van der Waals surface area (Å²) < 4.78 is 0. The second kappa shape index (κ2) is 6.57. The highest BCUT2D eigenvalue weighted by Crippen LogP contribution is 2.29. The molecule has 1 aliphatic rings. The summed E-state index contributed by atoms with van der Waals surface area (Å²) in [7, 11) is 0. The number of likely N-dealkylation sites (tertiary alicyclic amines) is 1. The lowest BCUT2D eigenvalue weighted by Gasteiger charge is -2.29. The van der Waals surface area contributed by atoms with E-state index in [1.165, 1.54) is 0 Å². The predicted molar refractivity (Wildman–Crippen MR) is 76.8 cm³/mol. The molecule has 0 aliphatic carbocycles. The first-order valence-corrected chi connectivity index (χ1v) is 6.96. The van der Waals surface area contributed by atoms with Crippen molar-refractivity contribution >= 4 is 34.8 Å². The Morgan fingerprint density at radius 3 is 2.74 bits per heavy atom. The van der Waals surface area contributed by atoms with Crippen LogP contribution in [0.25, 0.3) is 0 Å². The van der Waals surface area contributed by atoms with E-state index in [0.717, 1.165) is 19.4 Å². The van der Waals surface area contributed by atoms with Gasteiger partial charge in [0.2, 0.25) is 5.91 Å². The van der Waals surface area contributed by atoms with Gasteiger partial charge in [0.1, 0.15) is 0 Å². The van der Waals surface area contributed by atoms with Gasteiger partial charge >= 0.3 is 0 Å². The molecule has 0 aromatic heterocycles. The zero-order valence-electron chi connectivity index (χ0n) is 10.4. The summed E-state index contributed by atoms with van der Waals surface area (Å²) in [6, 6.07) is 5.07. The topological polar surface area (TPSA) is 52.6 Å². The Morgan fingerprint density at radius 2 is 2.11 bits per heavy atom. The van der Waals surface area contributed by atoms with Gasteiger partial charge in [-0.25, -0.2) is 0 Å². The Kier molecular flexibility index (Phi) is 5.05. The first kappa shape index (κ1) is 14.6. The largest absolute Gasteiger partial charge is 0.392 e. The van der Waals surface area contributed by atoms with Gasteiger partial charge in [-0.05, 0) is 31.5 Å². The zero-order valence-corrected chi connectivity index (χ0v) is 11.9. The van der Waals surface area contributed by atoms with E-state index in [1.807, 2.05) is 4.90 Å². The van der Waals surface area contributed by atoms with Crippen molar-refractivity contribution in [3.05, 3.63) is 28.2 Å². The SMILES string of the molecule is O=C(CN1CCCC(O)C1)Nc1c(Cl)cccc1Cl. The van der Waals surface area contributed by atoms with Crippen LogP contribution in [0.2, 0.25) is 10.0 Å². The van der Waals surface area contributed by atoms with E-state index in [0.29, 0.717) is 22.3 Å². The molecule has 1 fully saturated rings. The van der Waals surface area contributed by atoms with Crippen molar-refractivity contribution in [1.82, 2.24) is 4.90 Å². The lowest BCUT2D eigenvalue weighted by Crippen LogP contribution is -2.42. The number of hydrogen-bond donors (Lipinski definition) is 2. The highest BCUT2D eigenvalue weighted by atomic mass is 35.5. The van der Waals surface area contributed by atoms with Gasteiger partial charge in [0.25, 0.3) is 0 Å². The third kappa shape index (κ3) is 4.08. The molecule has 0 radical (unpaired) electrons. The van der Waals surface area contributed by atoms with E-state index >= 15 is 0 Å². The van der Waals surface area contributed by atoms with Gasteiger partial charge in [0.15, 0.2) is 0 Å². The zero-order chi connectivity index (χ0) is 13.8. The minimum atomic E-state index is -0.342. The van der Waals surface area contributed by atoms with Gasteiger partial charge in [0.05, 0.1) is 28.4 Å². The van der Waals surface area contributed by atoms with Crippen LogP contribution in [0.5, 0.6) is 0 Å². The number of piperidine rings is 1. The van der Waals surface area contributed by atoms with E-state index in [2.05, 4.69) is 5.32 Å². The van der Waals surface area contributed by atoms with Crippen LogP contribution < -0.4 is 5.32 Å². The van der Waals surface area contributed by atoms with Gasteiger partial charge in [-0.15, -0.1) is 0 Å². The molecule has 1 saturated heterocycles. The lowest BCUT2D eigenvalue weighted by atomic mass is 10.1. The average Bonchev–Trinajstić information content (AvgIpc) is 2.34. The first-order chi connectivity index (χ1) is 9.06. The number of amides is 1. The summed E-state index contributed by atoms with van der Waals surface area (Å²) >= 11 is 12.0. The number of β-amino-alcohol motifs (C(OH)–C–C–N with tert-alkyl or cyclic N) is 1. The summed E-state index contributed by atoms with van der Waals surface area (Å²) in [5.41, 5.74) is 0.438. The molecule has 1 heterocycles. The maximum Gasteiger partial charge on any atom is 0.238 e. The standard InChI is InChI=1S/C13H16Cl2N2O2/c14-10-4-1-5-11(15)13(10)16-12(19)8-17-6-2-3-9(18)7-17/h1,4-5,9,18H,2-3,6-8H2,(H,16,19). The van der Waals surface area contributed by atoms with E-state index < -0.39 is 0 Å². The molecule has 1 amide bonds. The number of carbonyl (C=O) groups is 1. The Bertz CT molecular complexity index is 448.